The van der Waals surface area contributed by atoms with Gasteiger partial charge in [0.05, 0.1) is 13.3 Å². The largest absolute Gasteiger partial charge is 0.494 e. The van der Waals surface area contributed by atoms with Crippen LogP contribution in [0.4, 0.5) is 8.78 Å². The number of H-pyrrole nitrogens is 1. The van der Waals surface area contributed by atoms with E-state index in [1.807, 2.05) is 11.1 Å². The minimum atomic E-state index is -0.973. The van der Waals surface area contributed by atoms with Crippen LogP contribution in [0.1, 0.15) is 48.4 Å². The van der Waals surface area contributed by atoms with Gasteiger partial charge in [0.2, 0.25) is 11.7 Å². The number of fused-ring (bicyclic) bond motifs is 1. The summed E-state index contributed by atoms with van der Waals surface area (Å²) in [6, 6.07) is 2.76. The zero-order valence-corrected chi connectivity index (χ0v) is 15.5. The van der Waals surface area contributed by atoms with Gasteiger partial charge in [0.15, 0.2) is 11.6 Å². The molecule has 0 saturated carbocycles. The van der Waals surface area contributed by atoms with Gasteiger partial charge in [0.1, 0.15) is 0 Å². The van der Waals surface area contributed by atoms with Gasteiger partial charge in [-0.1, -0.05) is 6.92 Å². The second kappa shape index (κ2) is 6.94. The summed E-state index contributed by atoms with van der Waals surface area (Å²) in [4.78, 5) is 15.0. The lowest BCUT2D eigenvalue weighted by molar-refractivity contribution is -0.135. The standard InChI is InChI=1S/C20H23F2N3O2/c1-11-14(3-4-17-15(11)9-23-24-17)20(26)25-6-5-12(10-25)13-7-16(21)19(22)18(8-13)27-2/h7-9,11-12,14H,3-6,10H2,1-2H3,(H,23,24). The van der Waals surface area contributed by atoms with Crippen LogP contribution in [0, 0.1) is 17.6 Å². The molecule has 2 aromatic rings. The number of carbonyl (C=O) groups excluding carboxylic acids is 1. The molecule has 1 aliphatic heterocycles. The Bertz CT molecular complexity index is 867. The highest BCUT2D eigenvalue weighted by Gasteiger charge is 2.37. The number of ether oxygens (including phenoxy) is 1. The molecule has 3 atom stereocenters. The number of benzene rings is 1. The normalized spacial score (nSPS) is 24.7. The summed E-state index contributed by atoms with van der Waals surface area (Å²) in [6.45, 7) is 3.23. The molecule has 1 saturated heterocycles. The highest BCUT2D eigenvalue weighted by molar-refractivity contribution is 5.80. The van der Waals surface area contributed by atoms with Crippen LogP contribution in [0.3, 0.4) is 0 Å². The maximum atomic E-state index is 13.8. The molecule has 1 aliphatic carbocycles. The van der Waals surface area contributed by atoms with Crippen LogP contribution >= 0.6 is 0 Å². The quantitative estimate of drug-likeness (QED) is 0.895. The van der Waals surface area contributed by atoms with Crippen molar-refractivity contribution < 1.29 is 18.3 Å². The van der Waals surface area contributed by atoms with Crippen molar-refractivity contribution in [1.82, 2.24) is 15.1 Å². The maximum absolute atomic E-state index is 13.8. The smallest absolute Gasteiger partial charge is 0.226 e. The number of nitrogens with one attached hydrogen (secondary N) is 1. The summed E-state index contributed by atoms with van der Waals surface area (Å²) in [5, 5.41) is 7.11. The minimum Gasteiger partial charge on any atom is -0.494 e. The Balaban J connectivity index is 1.49. The van der Waals surface area contributed by atoms with Crippen molar-refractivity contribution in [3.63, 3.8) is 0 Å². The highest BCUT2D eigenvalue weighted by atomic mass is 19.2. The van der Waals surface area contributed by atoms with Crippen LogP contribution < -0.4 is 4.74 Å². The number of nitrogens with zero attached hydrogens (tertiary/aromatic N) is 2. The average molecular weight is 375 g/mol. The van der Waals surface area contributed by atoms with Crippen LogP contribution in [0.2, 0.25) is 0 Å². The monoisotopic (exact) mass is 375 g/mol. The number of amides is 1. The molecule has 0 spiro atoms. The molecule has 2 heterocycles. The van der Waals surface area contributed by atoms with Crippen molar-refractivity contribution >= 4 is 5.91 Å². The van der Waals surface area contributed by atoms with Gasteiger partial charge in [-0.15, -0.1) is 0 Å². The molecular formula is C20H23F2N3O2. The van der Waals surface area contributed by atoms with Crippen molar-refractivity contribution in [3.05, 3.63) is 46.8 Å². The van der Waals surface area contributed by atoms with Crippen LogP contribution in [0.15, 0.2) is 18.3 Å². The van der Waals surface area contributed by atoms with Gasteiger partial charge in [0, 0.05) is 30.6 Å². The average Bonchev–Trinajstić information content (AvgIpc) is 3.33. The first kappa shape index (κ1) is 17.9. The predicted octanol–water partition coefficient (Wildman–Crippen LogP) is 3.38. The van der Waals surface area contributed by atoms with E-state index in [0.717, 1.165) is 30.5 Å². The van der Waals surface area contributed by atoms with Gasteiger partial charge in [-0.25, -0.2) is 4.39 Å². The van der Waals surface area contributed by atoms with Gasteiger partial charge >= 0.3 is 0 Å². The fraction of sp³-hybridized carbons (Fsp3) is 0.500. The Morgan fingerprint density at radius 1 is 1.33 bits per heavy atom. The number of likely N-dealkylation sites (tertiary alicyclic amines) is 1. The Hall–Kier alpha value is -2.44. The third-order valence-corrected chi connectivity index (χ3v) is 6.08. The number of methoxy groups -OCH3 is 1. The van der Waals surface area contributed by atoms with E-state index in [4.69, 9.17) is 4.74 Å². The van der Waals surface area contributed by atoms with E-state index < -0.39 is 11.6 Å². The molecule has 2 aliphatic rings. The number of halogens is 2. The lowest BCUT2D eigenvalue weighted by atomic mass is 9.78. The van der Waals surface area contributed by atoms with E-state index in [0.29, 0.717) is 18.7 Å². The Morgan fingerprint density at radius 3 is 2.93 bits per heavy atom. The third kappa shape index (κ3) is 3.09. The number of hydrogen-bond donors (Lipinski definition) is 1. The molecule has 1 aromatic heterocycles. The van der Waals surface area contributed by atoms with E-state index in [1.165, 1.54) is 19.2 Å². The molecule has 5 nitrogen and oxygen atoms in total. The lowest BCUT2D eigenvalue weighted by Crippen LogP contribution is -2.38. The van der Waals surface area contributed by atoms with E-state index in [-0.39, 0.29) is 29.4 Å². The zero-order valence-electron chi connectivity index (χ0n) is 15.5. The summed E-state index contributed by atoms with van der Waals surface area (Å²) < 4.78 is 32.5. The topological polar surface area (TPSA) is 58.2 Å². The first-order valence-electron chi connectivity index (χ1n) is 9.33. The van der Waals surface area contributed by atoms with Crippen molar-refractivity contribution in [2.45, 2.75) is 38.0 Å². The summed E-state index contributed by atoms with van der Waals surface area (Å²) in [5.74, 6) is -1.78. The summed E-state index contributed by atoms with van der Waals surface area (Å²) in [7, 11) is 1.32. The molecule has 1 aromatic carbocycles. The molecule has 27 heavy (non-hydrogen) atoms. The lowest BCUT2D eigenvalue weighted by Gasteiger charge is -2.31. The third-order valence-electron chi connectivity index (χ3n) is 6.08. The Labute approximate surface area is 156 Å². The maximum Gasteiger partial charge on any atom is 0.226 e. The molecule has 7 heteroatoms. The number of aromatic amines is 1. The first-order chi connectivity index (χ1) is 13.0. The highest BCUT2D eigenvalue weighted by Crippen LogP contribution is 2.38. The van der Waals surface area contributed by atoms with E-state index in [1.54, 1.807) is 0 Å². The summed E-state index contributed by atoms with van der Waals surface area (Å²) in [6.07, 6.45) is 4.18. The second-order valence-electron chi connectivity index (χ2n) is 7.53. The van der Waals surface area contributed by atoms with E-state index >= 15 is 0 Å². The second-order valence-corrected chi connectivity index (χ2v) is 7.53. The molecule has 3 unspecified atom stereocenters. The van der Waals surface area contributed by atoms with Gasteiger partial charge in [-0.3, -0.25) is 9.89 Å². The van der Waals surface area contributed by atoms with Crippen LogP contribution in [-0.2, 0) is 11.2 Å². The number of carbonyl (C=O) groups is 1. The van der Waals surface area contributed by atoms with Crippen LogP contribution in [-0.4, -0.2) is 41.2 Å². The van der Waals surface area contributed by atoms with Gasteiger partial charge in [0.25, 0.3) is 0 Å². The van der Waals surface area contributed by atoms with Crippen molar-refractivity contribution in [3.8, 4) is 5.75 Å². The van der Waals surface area contributed by atoms with Gasteiger partial charge in [-0.05, 0) is 48.4 Å². The van der Waals surface area contributed by atoms with Gasteiger partial charge in [-0.2, -0.15) is 9.49 Å². The van der Waals surface area contributed by atoms with Crippen LogP contribution in [0.25, 0.3) is 0 Å². The summed E-state index contributed by atoms with van der Waals surface area (Å²) in [5.41, 5.74) is 2.93. The summed E-state index contributed by atoms with van der Waals surface area (Å²) >= 11 is 0. The molecule has 1 fully saturated rings. The van der Waals surface area contributed by atoms with Crippen molar-refractivity contribution in [1.29, 1.82) is 0 Å². The Morgan fingerprint density at radius 2 is 2.15 bits per heavy atom. The van der Waals surface area contributed by atoms with Gasteiger partial charge < -0.3 is 9.64 Å². The van der Waals surface area contributed by atoms with Crippen molar-refractivity contribution in [2.75, 3.05) is 20.2 Å². The molecular weight excluding hydrogens is 352 g/mol. The fourth-order valence-electron chi connectivity index (χ4n) is 4.45. The molecule has 0 bridgehead atoms. The zero-order chi connectivity index (χ0) is 19.1. The number of rotatable bonds is 3. The molecule has 1 amide bonds. The predicted molar refractivity (Wildman–Crippen MR) is 95.7 cm³/mol. The van der Waals surface area contributed by atoms with E-state index in [9.17, 15) is 13.6 Å². The van der Waals surface area contributed by atoms with Crippen molar-refractivity contribution in [2.24, 2.45) is 5.92 Å². The number of aromatic nitrogens is 2. The van der Waals surface area contributed by atoms with Crippen LogP contribution in [0.5, 0.6) is 5.75 Å². The fourth-order valence-corrected chi connectivity index (χ4v) is 4.45. The van der Waals surface area contributed by atoms with E-state index in [2.05, 4.69) is 17.1 Å². The Kier molecular flexibility index (Phi) is 4.61. The first-order valence-corrected chi connectivity index (χ1v) is 9.33. The number of hydrogen-bond acceptors (Lipinski definition) is 3. The molecule has 144 valence electrons. The minimum absolute atomic E-state index is 0.0127. The molecule has 0 radical (unpaired) electrons. The molecule has 4 rings (SSSR count). The molecule has 1 N–H and O–H groups in total. The number of aryl methyl sites for hydroxylation is 1. The SMILES string of the molecule is COc1cc(C2CCN(C(=O)C3CCc4[nH]ncc4C3C)C2)cc(F)c1F.